The second-order valence-corrected chi connectivity index (χ2v) is 5.21. The Morgan fingerprint density at radius 1 is 1.33 bits per heavy atom. The number of amides is 1. The number of rotatable bonds is 3. The lowest BCUT2D eigenvalue weighted by Gasteiger charge is -2.34. The molecule has 0 fully saturated rings. The number of carbonyl (C=O) groups is 1. The van der Waals surface area contributed by atoms with Crippen molar-refractivity contribution in [3.05, 3.63) is 28.8 Å². The normalized spacial score (nSPS) is 19.0. The average molecular weight is 246 g/mol. The van der Waals surface area contributed by atoms with Crippen LogP contribution in [0, 0.1) is 13.8 Å². The number of carbonyl (C=O) groups excluding carboxylic acids is 1. The zero-order chi connectivity index (χ0) is 13.3. The largest absolute Gasteiger partial charge is 0.320 e. The second kappa shape index (κ2) is 5.11. The van der Waals surface area contributed by atoms with E-state index in [2.05, 4.69) is 31.3 Å². The molecular weight excluding hydrogens is 224 g/mol. The van der Waals surface area contributed by atoms with Gasteiger partial charge in [0.2, 0.25) is 5.91 Å². The van der Waals surface area contributed by atoms with E-state index in [-0.39, 0.29) is 5.91 Å². The Morgan fingerprint density at radius 3 is 2.67 bits per heavy atom. The van der Waals surface area contributed by atoms with Crippen LogP contribution in [-0.4, -0.2) is 26.5 Å². The van der Waals surface area contributed by atoms with Crippen LogP contribution in [0.2, 0.25) is 0 Å². The Morgan fingerprint density at radius 2 is 2.00 bits per heavy atom. The summed E-state index contributed by atoms with van der Waals surface area (Å²) in [5, 5.41) is 3.18. The molecule has 3 heteroatoms. The van der Waals surface area contributed by atoms with E-state index in [0.717, 1.165) is 18.7 Å². The Balaban J connectivity index is 2.48. The number of aryl methyl sites for hydroxylation is 2. The molecule has 0 radical (unpaired) electrons. The van der Waals surface area contributed by atoms with Crippen LogP contribution in [0.1, 0.15) is 35.4 Å². The van der Waals surface area contributed by atoms with Crippen LogP contribution >= 0.6 is 0 Å². The summed E-state index contributed by atoms with van der Waals surface area (Å²) in [6.45, 7) is 5.19. The van der Waals surface area contributed by atoms with Gasteiger partial charge in [-0.15, -0.1) is 0 Å². The van der Waals surface area contributed by atoms with E-state index < -0.39 is 0 Å². The highest BCUT2D eigenvalue weighted by Crippen LogP contribution is 2.40. The third kappa shape index (κ3) is 2.15. The summed E-state index contributed by atoms with van der Waals surface area (Å²) in [7, 11) is 3.85. The predicted octanol–water partition coefficient (Wildman–Crippen LogP) is 2.36. The van der Waals surface area contributed by atoms with E-state index in [4.69, 9.17) is 0 Å². The average Bonchev–Trinajstić information content (AvgIpc) is 2.35. The Hall–Kier alpha value is -1.35. The topological polar surface area (TPSA) is 32.3 Å². The van der Waals surface area contributed by atoms with E-state index in [1.807, 2.05) is 19.0 Å². The lowest BCUT2D eigenvalue weighted by atomic mass is 9.83. The maximum Gasteiger partial charge on any atom is 0.227 e. The van der Waals surface area contributed by atoms with Crippen molar-refractivity contribution in [3.8, 4) is 0 Å². The molecule has 1 aromatic rings. The van der Waals surface area contributed by atoms with Crippen molar-refractivity contribution in [1.82, 2.24) is 5.32 Å². The van der Waals surface area contributed by atoms with Gasteiger partial charge in [-0.25, -0.2) is 0 Å². The third-order valence-corrected chi connectivity index (χ3v) is 3.92. The van der Waals surface area contributed by atoms with Gasteiger partial charge in [0.25, 0.3) is 0 Å². The fourth-order valence-corrected chi connectivity index (χ4v) is 2.92. The summed E-state index contributed by atoms with van der Waals surface area (Å²) in [6, 6.07) is 4.28. The van der Waals surface area contributed by atoms with Gasteiger partial charge in [-0.05, 0) is 56.5 Å². The minimum Gasteiger partial charge on any atom is -0.320 e. The summed E-state index contributed by atoms with van der Waals surface area (Å²) in [5.41, 5.74) is 5.00. The van der Waals surface area contributed by atoms with E-state index in [1.165, 1.54) is 16.7 Å². The zero-order valence-electron chi connectivity index (χ0n) is 11.7. The van der Waals surface area contributed by atoms with E-state index in [0.29, 0.717) is 12.3 Å². The van der Waals surface area contributed by atoms with Crippen LogP contribution in [0.4, 0.5) is 5.69 Å². The molecule has 2 rings (SSSR count). The molecule has 3 nitrogen and oxygen atoms in total. The number of benzene rings is 1. The van der Waals surface area contributed by atoms with Gasteiger partial charge in [0.05, 0.1) is 0 Å². The fourth-order valence-electron chi connectivity index (χ4n) is 2.92. The monoisotopic (exact) mass is 246 g/mol. The Kier molecular flexibility index (Phi) is 3.71. The molecule has 0 aromatic heterocycles. The van der Waals surface area contributed by atoms with Gasteiger partial charge in [-0.1, -0.05) is 12.1 Å². The van der Waals surface area contributed by atoms with Gasteiger partial charge in [-0.2, -0.15) is 0 Å². The van der Waals surface area contributed by atoms with Crippen molar-refractivity contribution in [3.63, 3.8) is 0 Å². The molecule has 1 aromatic carbocycles. The SMILES string of the molecule is CNCCC1CC(=O)N(C)c2c(C)ccc(C)c21. The van der Waals surface area contributed by atoms with E-state index >= 15 is 0 Å². The highest BCUT2D eigenvalue weighted by Gasteiger charge is 2.31. The molecule has 0 aliphatic carbocycles. The first-order valence-corrected chi connectivity index (χ1v) is 6.57. The second-order valence-electron chi connectivity index (χ2n) is 5.21. The molecule has 1 N–H and O–H groups in total. The van der Waals surface area contributed by atoms with Crippen LogP contribution in [-0.2, 0) is 4.79 Å². The number of hydrogen-bond donors (Lipinski definition) is 1. The quantitative estimate of drug-likeness (QED) is 0.888. The minimum absolute atomic E-state index is 0.234. The molecule has 1 atom stereocenters. The predicted molar refractivity (Wildman–Crippen MR) is 75.2 cm³/mol. The van der Waals surface area contributed by atoms with Crippen molar-refractivity contribution in [1.29, 1.82) is 0 Å². The fraction of sp³-hybridized carbons (Fsp3) is 0.533. The van der Waals surface area contributed by atoms with Gasteiger partial charge in [0, 0.05) is 19.2 Å². The lowest BCUT2D eigenvalue weighted by Crippen LogP contribution is -2.35. The number of nitrogens with zero attached hydrogens (tertiary/aromatic N) is 1. The number of anilines is 1. The molecule has 1 aliphatic rings. The molecule has 0 saturated carbocycles. The number of hydrogen-bond acceptors (Lipinski definition) is 2. The molecule has 18 heavy (non-hydrogen) atoms. The molecule has 0 saturated heterocycles. The van der Waals surface area contributed by atoms with Crippen molar-refractivity contribution in [2.24, 2.45) is 0 Å². The molecule has 0 spiro atoms. The van der Waals surface area contributed by atoms with Crippen LogP contribution in [0.3, 0.4) is 0 Å². The summed E-state index contributed by atoms with van der Waals surface area (Å²) >= 11 is 0. The molecule has 1 unspecified atom stereocenters. The molecule has 1 aliphatic heterocycles. The number of fused-ring (bicyclic) bond motifs is 1. The first kappa shape index (κ1) is 13.1. The Bertz CT molecular complexity index is 468. The van der Waals surface area contributed by atoms with Crippen molar-refractivity contribution in [2.45, 2.75) is 32.6 Å². The Labute approximate surface area is 109 Å². The standard InChI is InChI=1S/C15H22N2O/c1-10-5-6-11(2)15-14(10)12(7-8-16-3)9-13(18)17(15)4/h5-6,12,16H,7-9H2,1-4H3. The molecule has 1 heterocycles. The third-order valence-electron chi connectivity index (χ3n) is 3.92. The molecule has 98 valence electrons. The summed E-state index contributed by atoms with van der Waals surface area (Å²) in [5.74, 6) is 0.591. The highest BCUT2D eigenvalue weighted by atomic mass is 16.2. The van der Waals surface area contributed by atoms with Crippen LogP contribution < -0.4 is 10.2 Å². The minimum atomic E-state index is 0.234. The maximum absolute atomic E-state index is 12.1. The van der Waals surface area contributed by atoms with Crippen molar-refractivity contribution in [2.75, 3.05) is 25.5 Å². The zero-order valence-corrected chi connectivity index (χ0v) is 11.7. The number of nitrogens with one attached hydrogen (secondary N) is 1. The van der Waals surface area contributed by atoms with Crippen molar-refractivity contribution >= 4 is 11.6 Å². The van der Waals surface area contributed by atoms with Crippen molar-refractivity contribution < 1.29 is 4.79 Å². The first-order chi connectivity index (χ1) is 8.56. The molecule has 1 amide bonds. The van der Waals surface area contributed by atoms with Crippen LogP contribution in [0.25, 0.3) is 0 Å². The first-order valence-electron chi connectivity index (χ1n) is 6.57. The summed E-state index contributed by atoms with van der Waals surface area (Å²) in [6.07, 6.45) is 1.66. The summed E-state index contributed by atoms with van der Waals surface area (Å²) in [4.78, 5) is 13.9. The smallest absolute Gasteiger partial charge is 0.227 e. The van der Waals surface area contributed by atoms with Gasteiger partial charge in [-0.3, -0.25) is 4.79 Å². The van der Waals surface area contributed by atoms with Gasteiger partial charge in [0.15, 0.2) is 0 Å². The molecular formula is C15H22N2O. The van der Waals surface area contributed by atoms with Gasteiger partial charge >= 0.3 is 0 Å². The van der Waals surface area contributed by atoms with Crippen LogP contribution in [0.15, 0.2) is 12.1 Å². The lowest BCUT2D eigenvalue weighted by molar-refractivity contribution is -0.119. The maximum atomic E-state index is 12.1. The van der Waals surface area contributed by atoms with E-state index in [1.54, 1.807) is 0 Å². The van der Waals surface area contributed by atoms with E-state index in [9.17, 15) is 4.79 Å². The van der Waals surface area contributed by atoms with Gasteiger partial charge in [0.1, 0.15) is 0 Å². The molecule has 0 bridgehead atoms. The summed E-state index contributed by atoms with van der Waals surface area (Å²) < 4.78 is 0. The van der Waals surface area contributed by atoms with Crippen LogP contribution in [0.5, 0.6) is 0 Å². The van der Waals surface area contributed by atoms with Gasteiger partial charge < -0.3 is 10.2 Å². The highest BCUT2D eigenvalue weighted by molar-refractivity contribution is 5.97.